The molecule has 1 fully saturated rings. The van der Waals surface area contributed by atoms with Gasteiger partial charge in [0.05, 0.1) is 17.1 Å². The Balaban J connectivity index is 1.44. The average Bonchev–Trinajstić information content (AvgIpc) is 3.41. The molecule has 0 saturated carbocycles. The average molecular weight is 560 g/mol. The van der Waals surface area contributed by atoms with Crippen molar-refractivity contribution in [3.05, 3.63) is 71.7 Å². The molecule has 9 heteroatoms. The van der Waals surface area contributed by atoms with Gasteiger partial charge in [0.2, 0.25) is 0 Å². The highest BCUT2D eigenvalue weighted by molar-refractivity contribution is 7.91. The molecule has 0 spiro atoms. The number of hydrogen-bond acceptors (Lipinski definition) is 7. The summed E-state index contributed by atoms with van der Waals surface area (Å²) in [6.07, 6.45) is 7.67. The summed E-state index contributed by atoms with van der Waals surface area (Å²) in [5, 5.41) is 2.30. The normalized spacial score (nSPS) is 19.7. The second kappa shape index (κ2) is 11.6. The van der Waals surface area contributed by atoms with Crippen LogP contribution in [0.3, 0.4) is 0 Å². The fourth-order valence-electron chi connectivity index (χ4n) is 5.30. The SMILES string of the molecule is CC1CN=C(C(=O)Nc2ccc(S(=O)(=O)C(C)C)nc2)c2cc(-c3cncc(CN4CCCC4)c3)ccc2C1C. The molecule has 1 amide bonds. The molecule has 0 radical (unpaired) electrons. The third kappa shape index (κ3) is 5.86. The third-order valence-corrected chi connectivity index (χ3v) is 10.1. The molecule has 5 rings (SSSR count). The van der Waals surface area contributed by atoms with E-state index in [2.05, 4.69) is 58.3 Å². The zero-order valence-corrected chi connectivity index (χ0v) is 24.4. The first kappa shape index (κ1) is 28.1. The number of carbonyl (C=O) groups is 1. The Hall–Kier alpha value is -3.43. The number of aliphatic imine (C=N–C) groups is 1. The predicted molar refractivity (Wildman–Crippen MR) is 158 cm³/mol. The third-order valence-electron chi connectivity index (χ3n) is 8.04. The van der Waals surface area contributed by atoms with Crippen molar-refractivity contribution in [2.75, 3.05) is 25.0 Å². The maximum atomic E-state index is 13.6. The lowest BCUT2D eigenvalue weighted by molar-refractivity contribution is -0.110. The van der Waals surface area contributed by atoms with Crippen LogP contribution in [0.5, 0.6) is 0 Å². The molecule has 3 aromatic rings. The molecular formula is C31H37N5O3S. The largest absolute Gasteiger partial charge is 0.319 e. The molecule has 2 unspecified atom stereocenters. The summed E-state index contributed by atoms with van der Waals surface area (Å²) >= 11 is 0. The van der Waals surface area contributed by atoms with Crippen molar-refractivity contribution in [1.29, 1.82) is 0 Å². The van der Waals surface area contributed by atoms with Gasteiger partial charge < -0.3 is 5.32 Å². The Labute approximate surface area is 236 Å². The van der Waals surface area contributed by atoms with Crippen molar-refractivity contribution in [3.8, 4) is 11.1 Å². The van der Waals surface area contributed by atoms with E-state index in [1.807, 2.05) is 12.4 Å². The van der Waals surface area contributed by atoms with Crippen LogP contribution >= 0.6 is 0 Å². The molecule has 0 aliphatic carbocycles. The van der Waals surface area contributed by atoms with Gasteiger partial charge in [0.1, 0.15) is 5.71 Å². The maximum absolute atomic E-state index is 13.6. The van der Waals surface area contributed by atoms with Gasteiger partial charge in [-0.1, -0.05) is 26.0 Å². The van der Waals surface area contributed by atoms with Crippen LogP contribution in [0.2, 0.25) is 0 Å². The van der Waals surface area contributed by atoms with E-state index in [0.717, 1.165) is 41.9 Å². The van der Waals surface area contributed by atoms with Crippen LogP contribution in [-0.4, -0.2) is 59.8 Å². The number of carbonyl (C=O) groups excluding carboxylic acids is 1. The highest BCUT2D eigenvalue weighted by atomic mass is 32.2. The zero-order chi connectivity index (χ0) is 28.4. The number of amides is 1. The van der Waals surface area contributed by atoms with Gasteiger partial charge in [0, 0.05) is 36.6 Å². The number of hydrogen-bond donors (Lipinski definition) is 1. The predicted octanol–water partition coefficient (Wildman–Crippen LogP) is 5.10. The van der Waals surface area contributed by atoms with E-state index in [1.165, 1.54) is 30.7 Å². The molecule has 2 aliphatic heterocycles. The summed E-state index contributed by atoms with van der Waals surface area (Å²) in [6.45, 7) is 11.2. The highest BCUT2D eigenvalue weighted by Gasteiger charge is 2.28. The van der Waals surface area contributed by atoms with Crippen molar-refractivity contribution < 1.29 is 13.2 Å². The number of fused-ring (bicyclic) bond motifs is 1. The number of anilines is 1. The summed E-state index contributed by atoms with van der Waals surface area (Å²) in [6, 6.07) is 11.5. The summed E-state index contributed by atoms with van der Waals surface area (Å²) in [7, 11) is -3.50. The van der Waals surface area contributed by atoms with Crippen LogP contribution in [0.1, 0.15) is 63.1 Å². The minimum atomic E-state index is -3.50. The van der Waals surface area contributed by atoms with E-state index >= 15 is 0 Å². The van der Waals surface area contributed by atoms with Crippen LogP contribution in [0.15, 0.2) is 65.0 Å². The van der Waals surface area contributed by atoms with E-state index in [-0.39, 0.29) is 22.8 Å². The van der Waals surface area contributed by atoms with Crippen LogP contribution < -0.4 is 5.32 Å². The number of nitrogens with one attached hydrogen (secondary N) is 1. The van der Waals surface area contributed by atoms with Gasteiger partial charge in [-0.25, -0.2) is 13.4 Å². The molecular weight excluding hydrogens is 522 g/mol. The smallest absolute Gasteiger partial charge is 0.274 e. The molecule has 2 aliphatic rings. The van der Waals surface area contributed by atoms with Gasteiger partial charge in [-0.15, -0.1) is 0 Å². The van der Waals surface area contributed by atoms with Crippen LogP contribution in [0, 0.1) is 5.92 Å². The van der Waals surface area contributed by atoms with Gasteiger partial charge in [0.15, 0.2) is 14.9 Å². The molecule has 4 heterocycles. The summed E-state index contributed by atoms with van der Waals surface area (Å²) < 4.78 is 24.9. The standard InChI is InChI=1S/C31H37N5O3S/c1-20(2)40(38,39)29-10-8-26(18-33-29)35-31(37)30-28-14-24(7-9-27(28)22(4)21(3)15-34-30)25-13-23(16-32-17-25)19-36-11-5-6-12-36/h7-10,13-14,16-18,20-22H,5-6,11-12,15,19H2,1-4H3,(H,35,37). The second-order valence-corrected chi connectivity index (χ2v) is 13.7. The van der Waals surface area contributed by atoms with Crippen LogP contribution in [0.25, 0.3) is 11.1 Å². The van der Waals surface area contributed by atoms with Crippen LogP contribution in [0.4, 0.5) is 5.69 Å². The number of benzene rings is 1. The second-order valence-electron chi connectivity index (χ2n) is 11.3. The first-order valence-corrected chi connectivity index (χ1v) is 15.5. The lowest BCUT2D eigenvalue weighted by Crippen LogP contribution is -2.25. The number of pyridine rings is 2. The topological polar surface area (TPSA) is 105 Å². The first-order chi connectivity index (χ1) is 19.1. The Morgan fingerprint density at radius 3 is 2.50 bits per heavy atom. The molecule has 1 saturated heterocycles. The van der Waals surface area contributed by atoms with E-state index < -0.39 is 15.1 Å². The first-order valence-electron chi connectivity index (χ1n) is 14.0. The fourth-order valence-corrected chi connectivity index (χ4v) is 6.24. The number of nitrogens with zero attached hydrogens (tertiary/aromatic N) is 4. The summed E-state index contributed by atoms with van der Waals surface area (Å²) in [5.41, 5.74) is 5.85. The number of sulfone groups is 1. The van der Waals surface area contributed by atoms with E-state index in [4.69, 9.17) is 4.99 Å². The van der Waals surface area contributed by atoms with Gasteiger partial charge in [-0.2, -0.15) is 0 Å². The number of likely N-dealkylation sites (tertiary alicyclic amines) is 1. The highest BCUT2D eigenvalue weighted by Crippen LogP contribution is 2.34. The van der Waals surface area contributed by atoms with Gasteiger partial charge >= 0.3 is 0 Å². The summed E-state index contributed by atoms with van der Waals surface area (Å²) in [5.74, 6) is 0.143. The molecule has 210 valence electrons. The van der Waals surface area contributed by atoms with Gasteiger partial charge in [0.25, 0.3) is 5.91 Å². The minimum absolute atomic E-state index is 0.00878. The van der Waals surface area contributed by atoms with Gasteiger partial charge in [-0.3, -0.25) is 19.7 Å². The fraction of sp³-hybridized carbons (Fsp3) is 0.419. The molecule has 2 atom stereocenters. The quantitative estimate of drug-likeness (QED) is 0.432. The molecule has 0 bridgehead atoms. The van der Waals surface area contributed by atoms with E-state index in [9.17, 15) is 13.2 Å². The van der Waals surface area contributed by atoms with E-state index in [1.54, 1.807) is 19.9 Å². The Morgan fingerprint density at radius 2 is 1.80 bits per heavy atom. The molecule has 1 aromatic carbocycles. The minimum Gasteiger partial charge on any atom is -0.319 e. The summed E-state index contributed by atoms with van der Waals surface area (Å²) in [4.78, 5) is 29.4. The van der Waals surface area contributed by atoms with Crippen molar-refractivity contribution >= 4 is 27.1 Å². The molecule has 40 heavy (non-hydrogen) atoms. The van der Waals surface area contributed by atoms with Crippen LogP contribution in [-0.2, 0) is 21.2 Å². The van der Waals surface area contributed by atoms with Crippen molar-refractivity contribution in [1.82, 2.24) is 14.9 Å². The van der Waals surface area contributed by atoms with Gasteiger partial charge in [-0.05, 0) is 92.6 Å². The Bertz CT molecular complexity index is 1530. The molecule has 2 aromatic heterocycles. The van der Waals surface area contributed by atoms with Crippen molar-refractivity contribution in [2.24, 2.45) is 10.9 Å². The van der Waals surface area contributed by atoms with Crippen molar-refractivity contribution in [3.63, 3.8) is 0 Å². The maximum Gasteiger partial charge on any atom is 0.274 e. The zero-order valence-electron chi connectivity index (χ0n) is 23.6. The Morgan fingerprint density at radius 1 is 1.02 bits per heavy atom. The molecule has 8 nitrogen and oxygen atoms in total. The monoisotopic (exact) mass is 559 g/mol. The van der Waals surface area contributed by atoms with Crippen molar-refractivity contribution in [2.45, 2.75) is 63.3 Å². The number of aromatic nitrogens is 2. The lowest BCUT2D eigenvalue weighted by Gasteiger charge is -2.19. The van der Waals surface area contributed by atoms with E-state index in [0.29, 0.717) is 17.9 Å². The lowest BCUT2D eigenvalue weighted by atomic mass is 9.85. The molecule has 1 N–H and O–H groups in total. The number of rotatable bonds is 7. The Kier molecular flexibility index (Phi) is 8.14.